The van der Waals surface area contributed by atoms with Crippen LogP contribution in [-0.2, 0) is 4.74 Å². The number of aliphatic hydroxyl groups is 1. The summed E-state index contributed by atoms with van der Waals surface area (Å²) in [5.74, 6) is 0.615. The van der Waals surface area contributed by atoms with Crippen molar-refractivity contribution in [1.29, 1.82) is 0 Å². The van der Waals surface area contributed by atoms with Crippen molar-refractivity contribution in [2.45, 2.75) is 64.3 Å². The largest absolute Gasteiger partial charge is 0.394 e. The van der Waals surface area contributed by atoms with Crippen LogP contribution >= 0.6 is 0 Å². The molecule has 0 radical (unpaired) electrons. The first-order valence-electron chi connectivity index (χ1n) is 7.72. The third-order valence-electron chi connectivity index (χ3n) is 3.87. The van der Waals surface area contributed by atoms with Gasteiger partial charge in [-0.25, -0.2) is 0 Å². The van der Waals surface area contributed by atoms with Gasteiger partial charge in [-0.15, -0.1) is 0 Å². The van der Waals surface area contributed by atoms with E-state index in [4.69, 9.17) is 4.74 Å². The lowest BCUT2D eigenvalue weighted by molar-refractivity contribution is 0.0224. The third kappa shape index (κ3) is 5.25. The van der Waals surface area contributed by atoms with E-state index in [2.05, 4.69) is 19.2 Å². The summed E-state index contributed by atoms with van der Waals surface area (Å²) < 4.78 is 5.81. The Kier molecular flexibility index (Phi) is 7.87. The second kappa shape index (κ2) is 8.89. The van der Waals surface area contributed by atoms with E-state index in [1.54, 1.807) is 0 Å². The first-order chi connectivity index (χ1) is 8.79. The number of aliphatic hydroxyl groups excluding tert-OH is 1. The number of ether oxygens (including phenoxy) is 1. The predicted molar refractivity (Wildman–Crippen MR) is 75.8 cm³/mol. The van der Waals surface area contributed by atoms with Gasteiger partial charge in [0.15, 0.2) is 0 Å². The van der Waals surface area contributed by atoms with E-state index in [0.717, 1.165) is 26.0 Å². The first-order valence-corrected chi connectivity index (χ1v) is 7.72. The monoisotopic (exact) mass is 257 g/mol. The van der Waals surface area contributed by atoms with Crippen molar-refractivity contribution in [3.8, 4) is 0 Å². The molecule has 1 fully saturated rings. The maximum Gasteiger partial charge on any atom is 0.0679 e. The lowest BCUT2D eigenvalue weighted by Gasteiger charge is -2.33. The highest BCUT2D eigenvalue weighted by atomic mass is 16.5. The van der Waals surface area contributed by atoms with E-state index in [0.29, 0.717) is 12.5 Å². The van der Waals surface area contributed by atoms with Crippen LogP contribution in [0, 0.1) is 5.92 Å². The quantitative estimate of drug-likeness (QED) is 0.528. The van der Waals surface area contributed by atoms with E-state index < -0.39 is 0 Å². The van der Waals surface area contributed by atoms with E-state index in [1.165, 1.54) is 32.1 Å². The fourth-order valence-electron chi connectivity index (χ4n) is 2.44. The van der Waals surface area contributed by atoms with Crippen LogP contribution in [0.15, 0.2) is 0 Å². The van der Waals surface area contributed by atoms with Crippen LogP contribution in [0.2, 0.25) is 0 Å². The zero-order valence-electron chi connectivity index (χ0n) is 12.2. The Hall–Kier alpha value is -0.120. The Morgan fingerprint density at radius 1 is 1.17 bits per heavy atom. The molecule has 0 aliphatic heterocycles. The number of rotatable bonds is 12. The Bertz CT molecular complexity index is 207. The van der Waals surface area contributed by atoms with E-state index in [9.17, 15) is 5.11 Å². The van der Waals surface area contributed by atoms with Crippen molar-refractivity contribution in [3.63, 3.8) is 0 Å². The van der Waals surface area contributed by atoms with Gasteiger partial charge in [0.05, 0.1) is 18.8 Å². The predicted octanol–water partition coefficient (Wildman–Crippen LogP) is 2.72. The van der Waals surface area contributed by atoms with Gasteiger partial charge in [0, 0.05) is 6.61 Å². The second-order valence-electron chi connectivity index (χ2n) is 5.63. The number of hydrogen-bond acceptors (Lipinski definition) is 3. The van der Waals surface area contributed by atoms with E-state index >= 15 is 0 Å². The molecule has 3 heteroatoms. The molecule has 108 valence electrons. The standard InChI is InChI=1S/C15H31NO2/c1-3-5-6-7-11-18-13-15(12-17,14-8-9-14)16-10-4-2/h14,16-17H,3-13H2,1-2H3. The molecule has 0 aromatic heterocycles. The van der Waals surface area contributed by atoms with Gasteiger partial charge in [-0.3, -0.25) is 0 Å². The van der Waals surface area contributed by atoms with E-state index in [-0.39, 0.29) is 12.1 Å². The van der Waals surface area contributed by atoms with Gasteiger partial charge >= 0.3 is 0 Å². The molecule has 0 bridgehead atoms. The van der Waals surface area contributed by atoms with Crippen LogP contribution in [0.3, 0.4) is 0 Å². The smallest absolute Gasteiger partial charge is 0.0679 e. The third-order valence-corrected chi connectivity index (χ3v) is 3.87. The summed E-state index contributed by atoms with van der Waals surface area (Å²) in [5, 5.41) is 13.2. The molecule has 1 aliphatic rings. The Morgan fingerprint density at radius 3 is 2.50 bits per heavy atom. The van der Waals surface area contributed by atoms with Crippen LogP contribution in [-0.4, -0.2) is 37.0 Å². The van der Waals surface area contributed by atoms with E-state index in [1.807, 2.05) is 0 Å². The summed E-state index contributed by atoms with van der Waals surface area (Å²) in [6.07, 6.45) is 8.53. The van der Waals surface area contributed by atoms with Gasteiger partial charge in [0.25, 0.3) is 0 Å². The van der Waals surface area contributed by atoms with Gasteiger partial charge in [-0.1, -0.05) is 33.1 Å². The van der Waals surface area contributed by atoms with Crippen LogP contribution in [0.5, 0.6) is 0 Å². The van der Waals surface area contributed by atoms with Crippen LogP contribution in [0.4, 0.5) is 0 Å². The highest BCUT2D eigenvalue weighted by molar-refractivity contribution is 5.00. The van der Waals surface area contributed by atoms with Gasteiger partial charge in [-0.05, 0) is 38.1 Å². The summed E-state index contributed by atoms with van der Waals surface area (Å²) in [6.45, 7) is 7.05. The second-order valence-corrected chi connectivity index (χ2v) is 5.63. The molecule has 0 amide bonds. The molecule has 0 spiro atoms. The molecule has 0 aromatic carbocycles. The lowest BCUT2D eigenvalue weighted by Crippen LogP contribution is -2.54. The molecule has 1 rings (SSSR count). The minimum Gasteiger partial charge on any atom is -0.394 e. The van der Waals surface area contributed by atoms with Crippen molar-refractivity contribution < 1.29 is 9.84 Å². The van der Waals surface area contributed by atoms with Gasteiger partial charge in [0.2, 0.25) is 0 Å². The highest BCUT2D eigenvalue weighted by Gasteiger charge is 2.44. The Labute approximate surface area is 112 Å². The van der Waals surface area contributed by atoms with Crippen molar-refractivity contribution in [3.05, 3.63) is 0 Å². The molecule has 0 saturated heterocycles. The number of nitrogens with one attached hydrogen (secondary N) is 1. The molecule has 18 heavy (non-hydrogen) atoms. The summed E-state index contributed by atoms with van der Waals surface area (Å²) in [6, 6.07) is 0. The Balaban J connectivity index is 2.23. The van der Waals surface area contributed by atoms with Crippen LogP contribution in [0.25, 0.3) is 0 Å². The number of unbranched alkanes of at least 4 members (excludes halogenated alkanes) is 3. The molecule has 2 N–H and O–H groups in total. The zero-order chi connectivity index (χ0) is 13.3. The minimum absolute atomic E-state index is 0.166. The topological polar surface area (TPSA) is 41.5 Å². The average Bonchev–Trinajstić information content (AvgIpc) is 3.22. The Morgan fingerprint density at radius 2 is 1.94 bits per heavy atom. The molecular weight excluding hydrogens is 226 g/mol. The fourth-order valence-corrected chi connectivity index (χ4v) is 2.44. The van der Waals surface area contributed by atoms with Gasteiger partial charge in [-0.2, -0.15) is 0 Å². The van der Waals surface area contributed by atoms with Gasteiger partial charge in [0.1, 0.15) is 0 Å². The maximum absolute atomic E-state index is 9.71. The summed E-state index contributed by atoms with van der Waals surface area (Å²) in [7, 11) is 0. The van der Waals surface area contributed by atoms with Gasteiger partial charge < -0.3 is 15.2 Å². The molecule has 1 saturated carbocycles. The van der Waals surface area contributed by atoms with Crippen LogP contribution < -0.4 is 5.32 Å². The van der Waals surface area contributed by atoms with Crippen molar-refractivity contribution in [1.82, 2.24) is 5.32 Å². The molecular formula is C15H31NO2. The highest BCUT2D eigenvalue weighted by Crippen LogP contribution is 2.39. The van der Waals surface area contributed by atoms with Crippen molar-refractivity contribution in [2.24, 2.45) is 5.92 Å². The molecule has 1 atom stereocenters. The maximum atomic E-state index is 9.71. The van der Waals surface area contributed by atoms with Crippen molar-refractivity contribution >= 4 is 0 Å². The molecule has 0 heterocycles. The zero-order valence-corrected chi connectivity index (χ0v) is 12.2. The summed E-state index contributed by atoms with van der Waals surface area (Å²) in [4.78, 5) is 0. The average molecular weight is 257 g/mol. The summed E-state index contributed by atoms with van der Waals surface area (Å²) in [5.41, 5.74) is -0.166. The van der Waals surface area contributed by atoms with Crippen LogP contribution in [0.1, 0.15) is 58.8 Å². The number of hydrogen-bond donors (Lipinski definition) is 2. The minimum atomic E-state index is -0.166. The molecule has 1 aliphatic carbocycles. The summed E-state index contributed by atoms with van der Waals surface area (Å²) >= 11 is 0. The first kappa shape index (κ1) is 15.9. The molecule has 0 aromatic rings. The molecule has 1 unspecified atom stereocenters. The normalized spacial score (nSPS) is 18.8. The molecule has 3 nitrogen and oxygen atoms in total. The lowest BCUT2D eigenvalue weighted by atomic mass is 9.95. The fraction of sp³-hybridized carbons (Fsp3) is 1.00. The van der Waals surface area contributed by atoms with Crippen molar-refractivity contribution in [2.75, 3.05) is 26.4 Å². The SMILES string of the molecule is CCCCCCOCC(CO)(NCCC)C1CC1.